The third-order valence-corrected chi connectivity index (χ3v) is 5.41. The lowest BCUT2D eigenvalue weighted by molar-refractivity contribution is 0.0615. The predicted octanol–water partition coefficient (Wildman–Crippen LogP) is 4.10. The predicted molar refractivity (Wildman–Crippen MR) is 113 cm³/mol. The van der Waals surface area contributed by atoms with E-state index in [-0.39, 0.29) is 23.3 Å². The zero-order chi connectivity index (χ0) is 22.3. The van der Waals surface area contributed by atoms with Crippen molar-refractivity contribution in [2.24, 2.45) is 5.92 Å². The number of halogens is 2. The van der Waals surface area contributed by atoms with Crippen molar-refractivity contribution in [1.82, 2.24) is 19.9 Å². The summed E-state index contributed by atoms with van der Waals surface area (Å²) in [6.45, 7) is 6.23. The summed E-state index contributed by atoms with van der Waals surface area (Å²) in [7, 11) is 0. The summed E-state index contributed by atoms with van der Waals surface area (Å²) in [4.78, 5) is 27.4. The Labute approximate surface area is 179 Å². The van der Waals surface area contributed by atoms with Crippen LogP contribution < -0.4 is 5.73 Å². The van der Waals surface area contributed by atoms with Gasteiger partial charge in [-0.3, -0.25) is 4.79 Å². The fourth-order valence-electron chi connectivity index (χ4n) is 4.18. The minimum absolute atomic E-state index is 0.0951. The highest BCUT2D eigenvalue weighted by atomic mass is 19.1. The van der Waals surface area contributed by atoms with Gasteiger partial charge in [-0.1, -0.05) is 19.9 Å². The molecule has 0 bridgehead atoms. The summed E-state index contributed by atoms with van der Waals surface area (Å²) in [5.41, 5.74) is 8.52. The monoisotopic (exact) mass is 423 g/mol. The molecule has 160 valence electrons. The Hall–Kier alpha value is -3.42. The van der Waals surface area contributed by atoms with Crippen LogP contribution in [0.15, 0.2) is 36.5 Å². The molecule has 31 heavy (non-hydrogen) atoms. The molecule has 2 N–H and O–H groups in total. The van der Waals surface area contributed by atoms with Gasteiger partial charge < -0.3 is 10.6 Å². The number of hydrogen-bond acceptors (Lipinski definition) is 5. The van der Waals surface area contributed by atoms with E-state index in [9.17, 15) is 13.6 Å². The normalized spacial score (nSPS) is 16.0. The van der Waals surface area contributed by atoms with Crippen molar-refractivity contribution in [3.63, 3.8) is 0 Å². The zero-order valence-electron chi connectivity index (χ0n) is 17.6. The van der Waals surface area contributed by atoms with E-state index in [1.165, 1.54) is 18.3 Å². The van der Waals surface area contributed by atoms with Gasteiger partial charge in [0.1, 0.15) is 5.82 Å². The Bertz CT molecular complexity index is 1160. The van der Waals surface area contributed by atoms with Crippen molar-refractivity contribution in [1.29, 1.82) is 0 Å². The Balaban J connectivity index is 1.92. The number of fused-ring (bicyclic) bond motifs is 1. The largest absolute Gasteiger partial charge is 0.368 e. The topological polar surface area (TPSA) is 85.0 Å². The maximum atomic E-state index is 14.5. The average Bonchev–Trinajstić information content (AvgIpc) is 2.69. The Kier molecular flexibility index (Phi) is 5.39. The van der Waals surface area contributed by atoms with Crippen LogP contribution in [0.5, 0.6) is 0 Å². The van der Waals surface area contributed by atoms with Gasteiger partial charge in [0.15, 0.2) is 0 Å². The number of nitrogens with zero attached hydrogens (tertiary/aromatic N) is 4. The SMILES string of the molecule is Cc1nc(N)nc2c1C(=O)N(CC(C)C)[C@@H](c1ccc(F)cc1-c1cccnc1F)C2. The standard InChI is InChI=1S/C23H23F2N5O/c1-12(2)11-30-19(10-18-20(22(30)31)13(3)28-23(26)29-18)15-7-6-14(24)9-17(15)16-5-4-8-27-21(16)25/h4-9,12,19H,10-11H2,1-3H3,(H2,26,28,29)/t19-/m1/s1. The smallest absolute Gasteiger partial charge is 0.258 e. The summed E-state index contributed by atoms with van der Waals surface area (Å²) >= 11 is 0. The number of hydrogen-bond donors (Lipinski definition) is 1. The number of benzene rings is 1. The Morgan fingerprint density at radius 3 is 2.68 bits per heavy atom. The van der Waals surface area contributed by atoms with Crippen LogP contribution in [0.2, 0.25) is 0 Å². The molecule has 0 unspecified atom stereocenters. The first-order chi connectivity index (χ1) is 14.8. The number of aryl methyl sites for hydroxylation is 1. The number of nitrogen functional groups attached to an aromatic ring is 1. The van der Waals surface area contributed by atoms with E-state index in [0.29, 0.717) is 41.0 Å². The quantitative estimate of drug-likeness (QED) is 0.639. The second-order valence-corrected chi connectivity index (χ2v) is 8.13. The van der Waals surface area contributed by atoms with E-state index in [1.54, 1.807) is 30.0 Å². The second kappa shape index (κ2) is 8.02. The fraction of sp³-hybridized carbons (Fsp3) is 0.304. The molecule has 1 atom stereocenters. The molecule has 2 aromatic heterocycles. The average molecular weight is 423 g/mol. The van der Waals surface area contributed by atoms with Gasteiger partial charge in [0, 0.05) is 24.7 Å². The molecular weight excluding hydrogens is 400 g/mol. The molecule has 1 aromatic carbocycles. The van der Waals surface area contributed by atoms with E-state index in [2.05, 4.69) is 15.0 Å². The van der Waals surface area contributed by atoms with E-state index in [4.69, 9.17) is 5.73 Å². The summed E-state index contributed by atoms with van der Waals surface area (Å²) in [6.07, 6.45) is 1.70. The molecule has 1 amide bonds. The lowest BCUT2D eigenvalue weighted by Gasteiger charge is -2.38. The van der Waals surface area contributed by atoms with E-state index in [1.807, 2.05) is 13.8 Å². The van der Waals surface area contributed by atoms with Crippen molar-refractivity contribution in [2.45, 2.75) is 33.2 Å². The van der Waals surface area contributed by atoms with Crippen LogP contribution in [0, 0.1) is 24.6 Å². The minimum Gasteiger partial charge on any atom is -0.368 e. The molecule has 0 radical (unpaired) electrons. The highest BCUT2D eigenvalue weighted by Crippen LogP contribution is 2.39. The second-order valence-electron chi connectivity index (χ2n) is 8.13. The molecular formula is C23H23F2N5O. The molecule has 4 rings (SSSR count). The van der Waals surface area contributed by atoms with Crippen molar-refractivity contribution in [3.8, 4) is 11.1 Å². The van der Waals surface area contributed by atoms with Crippen LogP contribution >= 0.6 is 0 Å². The first-order valence-electron chi connectivity index (χ1n) is 10.1. The van der Waals surface area contributed by atoms with Crippen LogP contribution in [-0.4, -0.2) is 32.3 Å². The summed E-state index contributed by atoms with van der Waals surface area (Å²) in [5, 5.41) is 0. The van der Waals surface area contributed by atoms with Crippen molar-refractivity contribution < 1.29 is 13.6 Å². The van der Waals surface area contributed by atoms with Gasteiger partial charge in [0.05, 0.1) is 23.0 Å². The van der Waals surface area contributed by atoms with Crippen LogP contribution in [-0.2, 0) is 6.42 Å². The van der Waals surface area contributed by atoms with Crippen molar-refractivity contribution in [2.75, 3.05) is 12.3 Å². The van der Waals surface area contributed by atoms with Crippen molar-refractivity contribution in [3.05, 3.63) is 70.8 Å². The van der Waals surface area contributed by atoms with Crippen LogP contribution in [0.1, 0.15) is 47.2 Å². The number of aromatic nitrogens is 3. The lowest BCUT2D eigenvalue weighted by atomic mass is 9.87. The highest BCUT2D eigenvalue weighted by Gasteiger charge is 2.37. The number of nitrogens with two attached hydrogens (primary N) is 1. The summed E-state index contributed by atoms with van der Waals surface area (Å²) < 4.78 is 28.7. The summed E-state index contributed by atoms with van der Waals surface area (Å²) in [6, 6.07) is 6.88. The third-order valence-electron chi connectivity index (χ3n) is 5.41. The molecule has 6 nitrogen and oxygen atoms in total. The van der Waals surface area contributed by atoms with E-state index >= 15 is 0 Å². The molecule has 0 spiro atoms. The number of anilines is 1. The van der Waals surface area contributed by atoms with Gasteiger partial charge in [-0.25, -0.2) is 19.3 Å². The molecule has 0 fully saturated rings. The van der Waals surface area contributed by atoms with Gasteiger partial charge in [0.25, 0.3) is 5.91 Å². The zero-order valence-corrected chi connectivity index (χ0v) is 17.6. The number of carbonyl (C=O) groups is 1. The summed E-state index contributed by atoms with van der Waals surface area (Å²) in [5.74, 6) is -1.13. The lowest BCUT2D eigenvalue weighted by Crippen LogP contribution is -2.43. The number of rotatable bonds is 4. The fourth-order valence-corrected chi connectivity index (χ4v) is 4.18. The Morgan fingerprint density at radius 2 is 1.97 bits per heavy atom. The molecule has 1 aliphatic heterocycles. The Morgan fingerprint density at radius 1 is 1.19 bits per heavy atom. The van der Waals surface area contributed by atoms with Gasteiger partial charge in [-0.15, -0.1) is 0 Å². The third kappa shape index (κ3) is 3.85. The van der Waals surface area contributed by atoms with Crippen LogP contribution in [0.4, 0.5) is 14.7 Å². The number of carbonyl (C=O) groups excluding carboxylic acids is 1. The molecule has 0 saturated carbocycles. The molecule has 1 aliphatic rings. The molecule has 0 aliphatic carbocycles. The number of amides is 1. The first kappa shape index (κ1) is 20.8. The van der Waals surface area contributed by atoms with Gasteiger partial charge in [0.2, 0.25) is 11.9 Å². The van der Waals surface area contributed by atoms with Gasteiger partial charge in [-0.05, 0) is 48.2 Å². The van der Waals surface area contributed by atoms with E-state index < -0.39 is 17.8 Å². The molecule has 0 saturated heterocycles. The van der Waals surface area contributed by atoms with Crippen LogP contribution in [0.3, 0.4) is 0 Å². The van der Waals surface area contributed by atoms with Crippen molar-refractivity contribution >= 4 is 11.9 Å². The molecule has 8 heteroatoms. The van der Waals surface area contributed by atoms with Gasteiger partial charge >= 0.3 is 0 Å². The maximum absolute atomic E-state index is 14.5. The van der Waals surface area contributed by atoms with Gasteiger partial charge in [-0.2, -0.15) is 4.39 Å². The number of pyridine rings is 1. The first-order valence-corrected chi connectivity index (χ1v) is 10.1. The molecule has 3 aromatic rings. The van der Waals surface area contributed by atoms with E-state index in [0.717, 1.165) is 0 Å². The van der Waals surface area contributed by atoms with Crippen LogP contribution in [0.25, 0.3) is 11.1 Å². The molecule has 3 heterocycles. The highest BCUT2D eigenvalue weighted by molar-refractivity contribution is 5.98. The minimum atomic E-state index is -0.699. The maximum Gasteiger partial charge on any atom is 0.258 e.